The minimum Gasteiger partial charge on any atom is -0.466 e. The number of hydrogen-bond acceptors (Lipinski definition) is 2. The highest BCUT2D eigenvalue weighted by Gasteiger charge is 2.05. The molecule has 2 nitrogen and oxygen atoms in total. The predicted molar refractivity (Wildman–Crippen MR) is 51.3 cm³/mol. The molecule has 1 aromatic rings. The molecule has 0 atom stereocenters. The summed E-state index contributed by atoms with van der Waals surface area (Å²) in [5, 5.41) is 0. The van der Waals surface area contributed by atoms with E-state index in [0.29, 0.717) is 11.3 Å². The Morgan fingerprint density at radius 3 is 2.77 bits per heavy atom. The van der Waals surface area contributed by atoms with Crippen molar-refractivity contribution in [2.45, 2.75) is 6.92 Å². The highest BCUT2D eigenvalue weighted by atomic mass is 79.9. The van der Waals surface area contributed by atoms with Crippen LogP contribution in [0.4, 0.5) is 4.39 Å². The zero-order valence-electron chi connectivity index (χ0n) is 7.43. The number of hydrogen-bond donors (Lipinski definition) is 0. The molecule has 0 amide bonds. The summed E-state index contributed by atoms with van der Waals surface area (Å²) in [5.41, 5.74) is 0.580. The molecule has 13 heavy (non-hydrogen) atoms. The van der Waals surface area contributed by atoms with Crippen molar-refractivity contribution in [3.63, 3.8) is 0 Å². The molecule has 0 unspecified atom stereocenters. The number of ether oxygens (including phenoxy) is 2. The van der Waals surface area contributed by atoms with Crippen LogP contribution in [0.2, 0.25) is 0 Å². The number of halogens is 2. The monoisotopic (exact) mass is 248 g/mol. The molecule has 0 aliphatic rings. The van der Waals surface area contributed by atoms with Crippen LogP contribution in [0.15, 0.2) is 16.6 Å². The molecule has 1 rings (SSSR count). The van der Waals surface area contributed by atoms with E-state index in [4.69, 9.17) is 9.47 Å². The lowest BCUT2D eigenvalue weighted by Gasteiger charge is -2.07. The highest BCUT2D eigenvalue weighted by Crippen LogP contribution is 2.27. The molecule has 0 bridgehead atoms. The number of rotatable bonds is 3. The molecule has 0 spiro atoms. The van der Waals surface area contributed by atoms with E-state index in [9.17, 15) is 4.39 Å². The Bertz CT molecular complexity index is 302. The van der Waals surface area contributed by atoms with Crippen molar-refractivity contribution in [2.75, 3.05) is 13.9 Å². The van der Waals surface area contributed by atoms with Gasteiger partial charge in [0.15, 0.2) is 6.79 Å². The van der Waals surface area contributed by atoms with E-state index in [-0.39, 0.29) is 12.6 Å². The molecule has 0 fully saturated rings. The molecule has 0 heterocycles. The van der Waals surface area contributed by atoms with Gasteiger partial charge in [0, 0.05) is 13.2 Å². The van der Waals surface area contributed by atoms with Gasteiger partial charge in [-0.2, -0.15) is 0 Å². The molecule has 0 saturated carbocycles. The first kappa shape index (κ1) is 10.5. The van der Waals surface area contributed by atoms with Crippen LogP contribution in [0, 0.1) is 12.7 Å². The average molecular weight is 249 g/mol. The minimum absolute atomic E-state index is 0.112. The van der Waals surface area contributed by atoms with Crippen molar-refractivity contribution in [1.29, 1.82) is 0 Å². The quantitative estimate of drug-likeness (QED) is 0.767. The molecule has 0 aromatic heterocycles. The Hall–Kier alpha value is -0.610. The SMILES string of the molecule is COCOc1cc(F)c(C)cc1Br. The van der Waals surface area contributed by atoms with Crippen LogP contribution in [-0.4, -0.2) is 13.9 Å². The standard InChI is InChI=1S/C9H10BrFO2/c1-6-3-7(10)9(4-8(6)11)13-5-12-2/h3-4H,5H2,1-2H3. The van der Waals surface area contributed by atoms with Gasteiger partial charge >= 0.3 is 0 Å². The predicted octanol–water partition coefficient (Wildman–Crippen LogP) is 2.88. The average Bonchev–Trinajstić information content (AvgIpc) is 2.09. The lowest BCUT2D eigenvalue weighted by Crippen LogP contribution is -2.00. The summed E-state index contributed by atoms with van der Waals surface area (Å²) in [6, 6.07) is 3.00. The maximum absolute atomic E-state index is 13.0. The Balaban J connectivity index is 2.88. The van der Waals surface area contributed by atoms with Crippen LogP contribution in [0.1, 0.15) is 5.56 Å². The fraction of sp³-hybridized carbons (Fsp3) is 0.333. The van der Waals surface area contributed by atoms with Crippen molar-refractivity contribution < 1.29 is 13.9 Å². The van der Waals surface area contributed by atoms with Gasteiger partial charge in [0.1, 0.15) is 11.6 Å². The third-order valence-electron chi connectivity index (χ3n) is 1.55. The maximum atomic E-state index is 13.0. The van der Waals surface area contributed by atoms with Gasteiger partial charge in [0.05, 0.1) is 4.47 Å². The maximum Gasteiger partial charge on any atom is 0.188 e. The van der Waals surface area contributed by atoms with Gasteiger partial charge in [-0.25, -0.2) is 4.39 Å². The largest absolute Gasteiger partial charge is 0.466 e. The number of methoxy groups -OCH3 is 1. The second kappa shape index (κ2) is 4.58. The van der Waals surface area contributed by atoms with Crippen LogP contribution < -0.4 is 4.74 Å². The Morgan fingerprint density at radius 1 is 1.46 bits per heavy atom. The fourth-order valence-electron chi connectivity index (χ4n) is 0.861. The van der Waals surface area contributed by atoms with Gasteiger partial charge in [-0.3, -0.25) is 0 Å². The molecular weight excluding hydrogens is 239 g/mol. The van der Waals surface area contributed by atoms with Gasteiger partial charge in [-0.15, -0.1) is 0 Å². The van der Waals surface area contributed by atoms with Crippen molar-refractivity contribution in [3.05, 3.63) is 28.0 Å². The first-order valence-electron chi connectivity index (χ1n) is 3.72. The summed E-state index contributed by atoms with van der Waals surface area (Å²) < 4.78 is 23.6. The summed E-state index contributed by atoms with van der Waals surface area (Å²) in [6.45, 7) is 1.81. The molecule has 0 N–H and O–H groups in total. The third kappa shape index (κ3) is 2.67. The first-order valence-corrected chi connectivity index (χ1v) is 4.52. The van der Waals surface area contributed by atoms with E-state index >= 15 is 0 Å². The summed E-state index contributed by atoms with van der Waals surface area (Å²) in [5.74, 6) is 0.166. The van der Waals surface area contributed by atoms with Crippen LogP contribution in [0.25, 0.3) is 0 Å². The van der Waals surface area contributed by atoms with E-state index in [1.165, 1.54) is 13.2 Å². The van der Waals surface area contributed by atoms with E-state index < -0.39 is 0 Å². The van der Waals surface area contributed by atoms with Crippen molar-refractivity contribution in [2.24, 2.45) is 0 Å². The lowest BCUT2D eigenvalue weighted by atomic mass is 10.2. The van der Waals surface area contributed by atoms with Gasteiger partial charge in [0.25, 0.3) is 0 Å². The van der Waals surface area contributed by atoms with Crippen molar-refractivity contribution >= 4 is 15.9 Å². The Labute approximate surface area is 84.8 Å². The molecule has 0 aliphatic carbocycles. The van der Waals surface area contributed by atoms with E-state index in [1.807, 2.05) is 0 Å². The molecule has 0 radical (unpaired) electrons. The molecule has 72 valence electrons. The van der Waals surface area contributed by atoms with Crippen LogP contribution in [0.5, 0.6) is 5.75 Å². The van der Waals surface area contributed by atoms with Gasteiger partial charge in [-0.1, -0.05) is 0 Å². The Morgan fingerprint density at radius 2 is 2.15 bits per heavy atom. The first-order chi connectivity index (χ1) is 6.15. The second-order valence-electron chi connectivity index (χ2n) is 2.58. The molecular formula is C9H10BrFO2. The zero-order valence-corrected chi connectivity index (χ0v) is 9.02. The van der Waals surface area contributed by atoms with E-state index in [2.05, 4.69) is 15.9 Å². The zero-order chi connectivity index (χ0) is 9.84. The van der Waals surface area contributed by atoms with Crippen LogP contribution >= 0.6 is 15.9 Å². The van der Waals surface area contributed by atoms with E-state index in [1.54, 1.807) is 13.0 Å². The summed E-state index contributed by atoms with van der Waals surface area (Å²) in [4.78, 5) is 0. The van der Waals surface area contributed by atoms with Crippen molar-refractivity contribution in [1.82, 2.24) is 0 Å². The normalized spacial score (nSPS) is 10.2. The fourth-order valence-corrected chi connectivity index (χ4v) is 1.43. The Kier molecular flexibility index (Phi) is 3.69. The topological polar surface area (TPSA) is 18.5 Å². The third-order valence-corrected chi connectivity index (χ3v) is 2.17. The van der Waals surface area contributed by atoms with Gasteiger partial charge in [-0.05, 0) is 34.5 Å². The lowest BCUT2D eigenvalue weighted by molar-refractivity contribution is 0.0503. The summed E-state index contributed by atoms with van der Waals surface area (Å²) >= 11 is 3.26. The number of aryl methyl sites for hydroxylation is 1. The summed E-state index contributed by atoms with van der Waals surface area (Å²) in [7, 11) is 1.51. The number of benzene rings is 1. The minimum atomic E-state index is -0.283. The highest BCUT2D eigenvalue weighted by molar-refractivity contribution is 9.10. The molecule has 0 saturated heterocycles. The van der Waals surface area contributed by atoms with Gasteiger partial charge < -0.3 is 9.47 Å². The molecule has 0 aliphatic heterocycles. The smallest absolute Gasteiger partial charge is 0.188 e. The second-order valence-corrected chi connectivity index (χ2v) is 3.44. The molecule has 1 aromatic carbocycles. The molecule has 4 heteroatoms. The van der Waals surface area contributed by atoms with Crippen molar-refractivity contribution in [3.8, 4) is 5.75 Å². The van der Waals surface area contributed by atoms with Gasteiger partial charge in [0.2, 0.25) is 0 Å². The van der Waals surface area contributed by atoms with Crippen LogP contribution in [-0.2, 0) is 4.74 Å². The van der Waals surface area contributed by atoms with E-state index in [0.717, 1.165) is 4.47 Å². The summed E-state index contributed by atoms with van der Waals surface area (Å²) in [6.07, 6.45) is 0. The van der Waals surface area contributed by atoms with Crippen LogP contribution in [0.3, 0.4) is 0 Å².